The van der Waals surface area contributed by atoms with Crippen molar-refractivity contribution in [3.63, 3.8) is 0 Å². The average molecular weight is 204 g/mol. The molecule has 84 valence electrons. The third kappa shape index (κ3) is 5.61. The van der Waals surface area contributed by atoms with Crippen LogP contribution in [0, 0.1) is 0 Å². The van der Waals surface area contributed by atoms with Crippen LogP contribution in [0.3, 0.4) is 0 Å². The van der Waals surface area contributed by atoms with Gasteiger partial charge in [0.05, 0.1) is 0 Å². The summed E-state index contributed by atoms with van der Waals surface area (Å²) >= 11 is 0. The van der Waals surface area contributed by atoms with E-state index in [-0.39, 0.29) is 0 Å². The molecule has 0 amide bonds. The van der Waals surface area contributed by atoms with E-state index < -0.39 is 0 Å². The molecule has 15 heavy (non-hydrogen) atoms. The van der Waals surface area contributed by atoms with Gasteiger partial charge in [-0.15, -0.1) is 0 Å². The molecule has 0 atom stereocenters. The fourth-order valence-electron chi connectivity index (χ4n) is 1.91. The zero-order valence-electron chi connectivity index (χ0n) is 10.5. The lowest BCUT2D eigenvalue weighted by atomic mass is 10.0. The molecule has 0 spiro atoms. The van der Waals surface area contributed by atoms with Crippen molar-refractivity contribution >= 4 is 0 Å². The Morgan fingerprint density at radius 3 is 1.53 bits per heavy atom. The van der Waals surface area contributed by atoms with Gasteiger partial charge in [-0.2, -0.15) is 0 Å². The molecule has 0 aromatic heterocycles. The Morgan fingerprint density at radius 2 is 1.00 bits per heavy atom. The molecule has 1 aliphatic carbocycles. The molecule has 0 saturated carbocycles. The molecule has 0 heteroatoms. The Labute approximate surface area is 94.8 Å². The summed E-state index contributed by atoms with van der Waals surface area (Å²) in [6, 6.07) is 0. The smallest absolute Gasteiger partial charge is 0.0286 e. The summed E-state index contributed by atoms with van der Waals surface area (Å²) in [6.45, 7) is 6.78. The highest BCUT2D eigenvalue weighted by Gasteiger charge is 1.96. The summed E-state index contributed by atoms with van der Waals surface area (Å²) in [5.74, 6) is 0. The molecule has 0 N–H and O–H groups in total. The van der Waals surface area contributed by atoms with Gasteiger partial charge in [-0.3, -0.25) is 0 Å². The number of hydrogen-bond donors (Lipinski definition) is 0. The van der Waals surface area contributed by atoms with Crippen LogP contribution in [0.5, 0.6) is 0 Å². The molecule has 0 aromatic rings. The molecule has 0 unspecified atom stereocenters. The highest BCUT2D eigenvalue weighted by atomic mass is 14.0. The summed E-state index contributed by atoms with van der Waals surface area (Å²) in [5, 5.41) is 0. The van der Waals surface area contributed by atoms with Gasteiger partial charge in [-0.1, -0.05) is 34.9 Å². The van der Waals surface area contributed by atoms with Gasteiger partial charge in [0, 0.05) is 0 Å². The molecule has 0 aliphatic heterocycles. The number of hydrogen-bond acceptors (Lipinski definition) is 0. The molecular formula is C15H24. The second kappa shape index (κ2) is 6.66. The summed E-state index contributed by atoms with van der Waals surface area (Å²) in [4.78, 5) is 0. The van der Waals surface area contributed by atoms with Crippen LogP contribution in [-0.2, 0) is 0 Å². The molecule has 0 nitrogen and oxygen atoms in total. The van der Waals surface area contributed by atoms with Crippen LogP contribution in [0.4, 0.5) is 0 Å². The second-order valence-electron chi connectivity index (χ2n) is 4.77. The Bertz CT molecular complexity index is 276. The molecule has 0 saturated heterocycles. The first-order valence-corrected chi connectivity index (χ1v) is 6.15. The van der Waals surface area contributed by atoms with Gasteiger partial charge >= 0.3 is 0 Å². The average Bonchev–Trinajstić information content (AvgIpc) is 2.20. The number of allylic oxidation sites excluding steroid dienone is 6. The maximum absolute atomic E-state index is 2.41. The van der Waals surface area contributed by atoms with Gasteiger partial charge in [0.25, 0.3) is 0 Å². The van der Waals surface area contributed by atoms with Crippen molar-refractivity contribution in [3.8, 4) is 0 Å². The molecule has 0 radical (unpaired) electrons. The van der Waals surface area contributed by atoms with Crippen LogP contribution in [0.1, 0.15) is 59.3 Å². The van der Waals surface area contributed by atoms with Crippen molar-refractivity contribution in [1.82, 2.24) is 0 Å². The van der Waals surface area contributed by atoms with Crippen molar-refractivity contribution in [2.75, 3.05) is 0 Å². The summed E-state index contributed by atoms with van der Waals surface area (Å²) < 4.78 is 0. The van der Waals surface area contributed by atoms with Gasteiger partial charge in [-0.25, -0.2) is 0 Å². The highest BCUT2D eigenvalue weighted by Crippen LogP contribution is 2.16. The summed E-state index contributed by atoms with van der Waals surface area (Å²) in [6.07, 6.45) is 14.6. The Morgan fingerprint density at radius 1 is 0.600 bits per heavy atom. The maximum atomic E-state index is 2.41. The quantitative estimate of drug-likeness (QED) is 0.477. The first kappa shape index (κ1) is 12.3. The minimum Gasteiger partial charge on any atom is -0.0853 e. The van der Waals surface area contributed by atoms with Crippen molar-refractivity contribution in [2.45, 2.75) is 59.3 Å². The Balaban J connectivity index is 2.62. The third-order valence-electron chi connectivity index (χ3n) is 3.10. The van der Waals surface area contributed by atoms with Crippen LogP contribution in [-0.4, -0.2) is 0 Å². The molecule has 0 bridgehead atoms. The highest BCUT2D eigenvalue weighted by molar-refractivity contribution is 5.09. The van der Waals surface area contributed by atoms with Crippen LogP contribution in [0.15, 0.2) is 34.9 Å². The van der Waals surface area contributed by atoms with Crippen molar-refractivity contribution in [1.29, 1.82) is 0 Å². The van der Waals surface area contributed by atoms with Crippen molar-refractivity contribution in [3.05, 3.63) is 34.9 Å². The first-order valence-electron chi connectivity index (χ1n) is 6.15. The van der Waals surface area contributed by atoms with Crippen LogP contribution < -0.4 is 0 Å². The molecule has 1 aliphatic rings. The standard InChI is InChI=1S/C15H24/c1-13-7-4-5-8-14(2)11-12-15(3)10-6-9-13/h7-8,10H,4-6,9,11-12H2,1-3H3/b13-7+,14-8-,15-10+. The van der Waals surface area contributed by atoms with Gasteiger partial charge in [0.2, 0.25) is 0 Å². The fourth-order valence-corrected chi connectivity index (χ4v) is 1.91. The van der Waals surface area contributed by atoms with E-state index in [2.05, 4.69) is 39.0 Å². The second-order valence-corrected chi connectivity index (χ2v) is 4.77. The maximum Gasteiger partial charge on any atom is -0.0286 e. The van der Waals surface area contributed by atoms with E-state index in [0.29, 0.717) is 0 Å². The molecule has 0 heterocycles. The monoisotopic (exact) mass is 204 g/mol. The lowest BCUT2D eigenvalue weighted by Gasteiger charge is -2.05. The zero-order valence-corrected chi connectivity index (χ0v) is 10.5. The van der Waals surface area contributed by atoms with Gasteiger partial charge in [0.1, 0.15) is 0 Å². The molecule has 1 rings (SSSR count). The lowest BCUT2D eigenvalue weighted by Crippen LogP contribution is -1.85. The molecule has 0 aromatic carbocycles. The largest absolute Gasteiger partial charge is 0.0853 e. The Kier molecular flexibility index (Phi) is 5.45. The predicted octanol–water partition coefficient (Wildman–Crippen LogP) is 5.18. The number of rotatable bonds is 0. The van der Waals surface area contributed by atoms with Crippen LogP contribution >= 0.6 is 0 Å². The van der Waals surface area contributed by atoms with E-state index >= 15 is 0 Å². The van der Waals surface area contributed by atoms with E-state index in [4.69, 9.17) is 0 Å². The molecular weight excluding hydrogens is 180 g/mol. The fraction of sp³-hybridized carbons (Fsp3) is 0.600. The van der Waals surface area contributed by atoms with E-state index in [0.717, 1.165) is 0 Å². The minimum absolute atomic E-state index is 1.21. The van der Waals surface area contributed by atoms with E-state index in [1.165, 1.54) is 38.5 Å². The molecule has 0 fully saturated rings. The topological polar surface area (TPSA) is 0 Å². The van der Waals surface area contributed by atoms with Crippen molar-refractivity contribution < 1.29 is 0 Å². The van der Waals surface area contributed by atoms with E-state index in [9.17, 15) is 0 Å². The Hall–Kier alpha value is -0.780. The van der Waals surface area contributed by atoms with Gasteiger partial charge in [0.15, 0.2) is 0 Å². The zero-order chi connectivity index (χ0) is 11.1. The van der Waals surface area contributed by atoms with Gasteiger partial charge < -0.3 is 0 Å². The summed E-state index contributed by atoms with van der Waals surface area (Å²) in [5.41, 5.74) is 4.65. The van der Waals surface area contributed by atoms with E-state index in [1.807, 2.05) is 0 Å². The third-order valence-corrected chi connectivity index (χ3v) is 3.10. The van der Waals surface area contributed by atoms with Crippen LogP contribution in [0.2, 0.25) is 0 Å². The predicted molar refractivity (Wildman–Crippen MR) is 69.0 cm³/mol. The lowest BCUT2D eigenvalue weighted by molar-refractivity contribution is 0.868. The SMILES string of the molecule is C/C1=C/CC/C=C(\C)CC/C=C(\C)CC1. The van der Waals surface area contributed by atoms with E-state index in [1.54, 1.807) is 16.7 Å². The van der Waals surface area contributed by atoms with Crippen molar-refractivity contribution in [2.24, 2.45) is 0 Å². The first-order chi connectivity index (χ1) is 7.18. The minimum atomic E-state index is 1.21. The van der Waals surface area contributed by atoms with Gasteiger partial charge in [-0.05, 0) is 59.3 Å². The van der Waals surface area contributed by atoms with Crippen LogP contribution in [0.25, 0.3) is 0 Å². The summed E-state index contributed by atoms with van der Waals surface area (Å²) in [7, 11) is 0. The normalized spacial score (nSPS) is 31.0.